The molecule has 0 aromatic rings. The van der Waals surface area contributed by atoms with Crippen molar-refractivity contribution in [2.75, 3.05) is 20.3 Å². The van der Waals surface area contributed by atoms with E-state index in [-0.39, 0.29) is 6.61 Å². The first kappa shape index (κ1) is 8.19. The number of carbonyl (C=O) groups excluding carboxylic acids is 1. The molecule has 9 heavy (non-hydrogen) atoms. The number of aliphatic hydroxyl groups excluding tert-OH is 1. The molecule has 0 rings (SSSR count). The Morgan fingerprint density at radius 1 is 1.78 bits per heavy atom. The van der Waals surface area contributed by atoms with Crippen molar-refractivity contribution in [3.05, 3.63) is 0 Å². The Balaban J connectivity index is 2.97. The van der Waals surface area contributed by atoms with Crippen molar-refractivity contribution >= 4 is 6.09 Å². The minimum atomic E-state index is -0.566. The van der Waals surface area contributed by atoms with Crippen molar-refractivity contribution in [1.82, 2.24) is 10.9 Å². The second kappa shape index (κ2) is 5.33. The minimum Gasteiger partial charge on any atom is -0.452 e. The van der Waals surface area contributed by atoms with Crippen LogP contribution in [-0.2, 0) is 4.74 Å². The lowest BCUT2D eigenvalue weighted by Crippen LogP contribution is -2.38. The lowest BCUT2D eigenvalue weighted by molar-refractivity contribution is 0.164. The number of rotatable bonds is 3. The van der Waals surface area contributed by atoms with Crippen LogP contribution in [0.25, 0.3) is 0 Å². The van der Waals surface area contributed by atoms with Crippen molar-refractivity contribution < 1.29 is 14.6 Å². The largest absolute Gasteiger partial charge is 0.452 e. The highest BCUT2D eigenvalue weighted by Crippen LogP contribution is 1.64. The van der Waals surface area contributed by atoms with E-state index in [4.69, 9.17) is 5.11 Å². The summed E-state index contributed by atoms with van der Waals surface area (Å²) in [4.78, 5) is 10.2. The van der Waals surface area contributed by atoms with Crippen LogP contribution < -0.4 is 10.9 Å². The Bertz CT molecular complexity index is 85.9. The summed E-state index contributed by atoms with van der Waals surface area (Å²) < 4.78 is 4.20. The van der Waals surface area contributed by atoms with Gasteiger partial charge in [0.1, 0.15) is 0 Å². The Kier molecular flexibility index (Phi) is 4.85. The maximum Gasteiger partial charge on any atom is 0.421 e. The van der Waals surface area contributed by atoms with E-state index in [0.717, 1.165) is 0 Å². The quantitative estimate of drug-likeness (QED) is 0.336. The maximum atomic E-state index is 10.2. The first-order chi connectivity index (χ1) is 4.31. The highest BCUT2D eigenvalue weighted by Gasteiger charge is 1.92. The second-order valence-corrected chi connectivity index (χ2v) is 1.27. The van der Waals surface area contributed by atoms with Gasteiger partial charge in [0, 0.05) is 6.54 Å². The average molecular weight is 134 g/mol. The van der Waals surface area contributed by atoms with E-state index in [0.29, 0.717) is 6.54 Å². The third kappa shape index (κ3) is 5.05. The second-order valence-electron chi connectivity index (χ2n) is 1.27. The number of methoxy groups -OCH3 is 1. The van der Waals surface area contributed by atoms with Crippen LogP contribution in [0.2, 0.25) is 0 Å². The average Bonchev–Trinajstić information content (AvgIpc) is 1.89. The van der Waals surface area contributed by atoms with Crippen molar-refractivity contribution in [3.63, 3.8) is 0 Å². The Hall–Kier alpha value is -0.810. The fraction of sp³-hybridized carbons (Fsp3) is 0.750. The van der Waals surface area contributed by atoms with E-state index >= 15 is 0 Å². The molecule has 0 aromatic carbocycles. The normalized spacial score (nSPS) is 8.67. The molecule has 54 valence electrons. The Morgan fingerprint density at radius 2 is 2.44 bits per heavy atom. The van der Waals surface area contributed by atoms with Gasteiger partial charge in [0.05, 0.1) is 13.7 Å². The third-order valence-electron chi connectivity index (χ3n) is 0.613. The van der Waals surface area contributed by atoms with Gasteiger partial charge >= 0.3 is 6.09 Å². The summed E-state index contributed by atoms with van der Waals surface area (Å²) in [6.07, 6.45) is -0.566. The van der Waals surface area contributed by atoms with Crippen LogP contribution in [0.3, 0.4) is 0 Å². The monoisotopic (exact) mass is 134 g/mol. The molecule has 0 aliphatic heterocycles. The number of hydrazine groups is 1. The van der Waals surface area contributed by atoms with E-state index < -0.39 is 6.09 Å². The van der Waals surface area contributed by atoms with Gasteiger partial charge < -0.3 is 9.84 Å². The van der Waals surface area contributed by atoms with Gasteiger partial charge in [-0.15, -0.1) is 0 Å². The van der Waals surface area contributed by atoms with Crippen molar-refractivity contribution in [2.45, 2.75) is 0 Å². The molecule has 1 amide bonds. The fourth-order valence-corrected chi connectivity index (χ4v) is 0.242. The van der Waals surface area contributed by atoms with Gasteiger partial charge in [-0.25, -0.2) is 10.2 Å². The summed E-state index contributed by atoms with van der Waals surface area (Å²) in [7, 11) is 1.26. The summed E-state index contributed by atoms with van der Waals surface area (Å²) in [5, 5.41) is 8.20. The molecule has 0 bridgehead atoms. The predicted octanol–water partition coefficient (Wildman–Crippen LogP) is -1.16. The molecule has 5 nitrogen and oxygen atoms in total. The van der Waals surface area contributed by atoms with Gasteiger partial charge in [0.15, 0.2) is 0 Å². The van der Waals surface area contributed by atoms with Crippen LogP contribution in [0.15, 0.2) is 0 Å². The molecular weight excluding hydrogens is 124 g/mol. The first-order valence-corrected chi connectivity index (χ1v) is 2.49. The zero-order valence-corrected chi connectivity index (χ0v) is 5.18. The number of aliphatic hydroxyl groups is 1. The number of ether oxygens (including phenoxy) is 1. The van der Waals surface area contributed by atoms with Crippen molar-refractivity contribution in [2.24, 2.45) is 0 Å². The van der Waals surface area contributed by atoms with Crippen LogP contribution in [-0.4, -0.2) is 31.5 Å². The predicted molar refractivity (Wildman–Crippen MR) is 30.6 cm³/mol. The SMILES string of the molecule is COC(=O)NNCCO. The van der Waals surface area contributed by atoms with Crippen LogP contribution in [0, 0.1) is 0 Å². The topological polar surface area (TPSA) is 70.6 Å². The standard InChI is InChI=1S/C4H10N2O3/c1-9-4(8)6-5-2-3-7/h5,7H,2-3H2,1H3,(H,6,8). The molecule has 3 N–H and O–H groups in total. The van der Waals surface area contributed by atoms with E-state index in [2.05, 4.69) is 15.6 Å². The molecular formula is C4H10N2O3. The molecule has 0 aliphatic rings. The minimum absolute atomic E-state index is 0.0238. The van der Waals surface area contributed by atoms with Crippen molar-refractivity contribution in [3.8, 4) is 0 Å². The third-order valence-corrected chi connectivity index (χ3v) is 0.613. The van der Waals surface area contributed by atoms with E-state index in [9.17, 15) is 4.79 Å². The van der Waals surface area contributed by atoms with Gasteiger partial charge in [-0.2, -0.15) is 0 Å². The number of hydrogen-bond donors (Lipinski definition) is 3. The first-order valence-electron chi connectivity index (χ1n) is 2.49. The Labute approximate surface area is 53.0 Å². The Morgan fingerprint density at radius 3 is 2.89 bits per heavy atom. The van der Waals surface area contributed by atoms with Crippen molar-refractivity contribution in [1.29, 1.82) is 0 Å². The zero-order valence-electron chi connectivity index (χ0n) is 5.18. The highest BCUT2D eigenvalue weighted by atomic mass is 16.5. The summed E-state index contributed by atoms with van der Waals surface area (Å²) in [5.41, 5.74) is 4.57. The van der Waals surface area contributed by atoms with Gasteiger partial charge in [-0.1, -0.05) is 0 Å². The summed E-state index contributed by atoms with van der Waals surface area (Å²) in [5.74, 6) is 0. The molecule has 0 aromatic heterocycles. The lowest BCUT2D eigenvalue weighted by atomic mass is 10.7. The number of hydrogen-bond acceptors (Lipinski definition) is 4. The fourth-order valence-electron chi connectivity index (χ4n) is 0.242. The molecule has 0 fully saturated rings. The van der Waals surface area contributed by atoms with E-state index in [1.807, 2.05) is 0 Å². The summed E-state index contributed by atoms with van der Waals surface area (Å²) >= 11 is 0. The highest BCUT2D eigenvalue weighted by molar-refractivity contribution is 5.66. The van der Waals surface area contributed by atoms with Gasteiger partial charge in [0.25, 0.3) is 0 Å². The van der Waals surface area contributed by atoms with Crippen LogP contribution in [0.1, 0.15) is 0 Å². The zero-order chi connectivity index (χ0) is 7.11. The van der Waals surface area contributed by atoms with Gasteiger partial charge in [-0.05, 0) is 0 Å². The lowest BCUT2D eigenvalue weighted by Gasteiger charge is -2.01. The molecule has 0 aliphatic carbocycles. The number of amides is 1. The van der Waals surface area contributed by atoms with Crippen LogP contribution in [0.4, 0.5) is 4.79 Å². The van der Waals surface area contributed by atoms with Crippen LogP contribution >= 0.6 is 0 Å². The molecule has 0 radical (unpaired) electrons. The van der Waals surface area contributed by atoms with Gasteiger partial charge in [-0.3, -0.25) is 5.43 Å². The molecule has 0 saturated carbocycles. The van der Waals surface area contributed by atoms with Crippen LogP contribution in [0.5, 0.6) is 0 Å². The molecule has 0 heterocycles. The number of nitrogens with one attached hydrogen (secondary N) is 2. The molecule has 5 heteroatoms. The summed E-state index contributed by atoms with van der Waals surface area (Å²) in [6.45, 7) is 0.291. The summed E-state index contributed by atoms with van der Waals surface area (Å²) in [6, 6.07) is 0. The smallest absolute Gasteiger partial charge is 0.421 e. The maximum absolute atomic E-state index is 10.2. The molecule has 0 spiro atoms. The van der Waals surface area contributed by atoms with E-state index in [1.165, 1.54) is 7.11 Å². The number of carbonyl (C=O) groups is 1. The van der Waals surface area contributed by atoms with Gasteiger partial charge in [0.2, 0.25) is 0 Å². The van der Waals surface area contributed by atoms with E-state index in [1.54, 1.807) is 0 Å². The molecule has 0 unspecified atom stereocenters. The molecule has 0 saturated heterocycles. The molecule has 0 atom stereocenters.